The molecule has 0 aliphatic carbocycles. The highest BCUT2D eigenvalue weighted by Gasteiger charge is 2.20. The molecule has 0 aromatic rings. The van der Waals surface area contributed by atoms with Gasteiger partial charge in [0.25, 0.3) is 0 Å². The molecule has 0 aliphatic rings. The van der Waals surface area contributed by atoms with Crippen LogP contribution >= 0.6 is 11.8 Å². The number of amides is 1. The predicted molar refractivity (Wildman–Crippen MR) is 58.9 cm³/mol. The van der Waals surface area contributed by atoms with Gasteiger partial charge >= 0.3 is 0 Å². The van der Waals surface area contributed by atoms with Crippen molar-refractivity contribution in [2.24, 2.45) is 5.73 Å². The van der Waals surface area contributed by atoms with E-state index in [1.807, 2.05) is 20.1 Å². The molecular formula is C9H20N2OS. The van der Waals surface area contributed by atoms with Crippen molar-refractivity contribution in [1.29, 1.82) is 0 Å². The fraction of sp³-hybridized carbons (Fsp3) is 0.889. The minimum atomic E-state index is -0.228. The van der Waals surface area contributed by atoms with Gasteiger partial charge in [0.1, 0.15) is 0 Å². The van der Waals surface area contributed by atoms with Gasteiger partial charge in [0, 0.05) is 12.1 Å². The Kier molecular flexibility index (Phi) is 6.16. The number of nitrogens with two attached hydrogens (primary N) is 1. The maximum atomic E-state index is 11.1. The molecule has 0 radical (unpaired) electrons. The van der Waals surface area contributed by atoms with E-state index in [-0.39, 0.29) is 11.4 Å². The Bertz CT molecular complexity index is 158. The second-order valence-electron chi connectivity index (χ2n) is 3.28. The van der Waals surface area contributed by atoms with Gasteiger partial charge in [-0.2, -0.15) is 11.8 Å². The van der Waals surface area contributed by atoms with Gasteiger partial charge in [0.15, 0.2) is 0 Å². The standard InChI is InChI=1S/C9H20N2OS/c1-4-9(10,5-2)7-11-8(12)6-13-3/h4-7,10H2,1-3H3,(H,11,12). The molecule has 0 saturated carbocycles. The van der Waals surface area contributed by atoms with Crippen LogP contribution in [0.1, 0.15) is 26.7 Å². The number of hydrogen-bond donors (Lipinski definition) is 2. The van der Waals surface area contributed by atoms with Gasteiger partial charge in [-0.3, -0.25) is 4.79 Å². The van der Waals surface area contributed by atoms with Crippen LogP contribution in [0, 0.1) is 0 Å². The summed E-state index contributed by atoms with van der Waals surface area (Å²) in [7, 11) is 0. The first-order valence-corrected chi connectivity index (χ1v) is 6.02. The molecule has 0 bridgehead atoms. The molecule has 0 saturated heterocycles. The summed E-state index contributed by atoms with van der Waals surface area (Å²) in [6, 6.07) is 0. The average molecular weight is 204 g/mol. The SMILES string of the molecule is CCC(N)(CC)CNC(=O)CSC. The monoisotopic (exact) mass is 204 g/mol. The van der Waals surface area contributed by atoms with E-state index in [1.54, 1.807) is 0 Å². The van der Waals surface area contributed by atoms with E-state index in [0.29, 0.717) is 12.3 Å². The van der Waals surface area contributed by atoms with Gasteiger partial charge in [0.2, 0.25) is 5.91 Å². The van der Waals surface area contributed by atoms with Gasteiger partial charge < -0.3 is 11.1 Å². The Morgan fingerprint density at radius 2 is 2.00 bits per heavy atom. The Hall–Kier alpha value is -0.220. The second-order valence-corrected chi connectivity index (χ2v) is 4.15. The summed E-state index contributed by atoms with van der Waals surface area (Å²) in [6.45, 7) is 4.67. The van der Waals surface area contributed by atoms with Crippen LogP contribution in [-0.2, 0) is 4.79 Å². The molecule has 78 valence electrons. The summed E-state index contributed by atoms with van der Waals surface area (Å²) >= 11 is 1.52. The zero-order valence-electron chi connectivity index (χ0n) is 8.72. The summed E-state index contributed by atoms with van der Waals surface area (Å²) in [6.07, 6.45) is 3.70. The lowest BCUT2D eigenvalue weighted by Gasteiger charge is -2.26. The smallest absolute Gasteiger partial charge is 0.230 e. The van der Waals surface area contributed by atoms with Crippen LogP contribution in [0.4, 0.5) is 0 Å². The molecule has 1 amide bonds. The van der Waals surface area contributed by atoms with Gasteiger partial charge in [-0.15, -0.1) is 0 Å². The number of thioether (sulfide) groups is 1. The van der Waals surface area contributed by atoms with E-state index in [4.69, 9.17) is 5.73 Å². The number of carbonyl (C=O) groups excluding carboxylic acids is 1. The molecular weight excluding hydrogens is 184 g/mol. The molecule has 13 heavy (non-hydrogen) atoms. The van der Waals surface area contributed by atoms with E-state index in [1.165, 1.54) is 11.8 Å². The lowest BCUT2D eigenvalue weighted by molar-refractivity contribution is -0.118. The zero-order chi connectivity index (χ0) is 10.3. The van der Waals surface area contributed by atoms with Crippen molar-refractivity contribution in [3.05, 3.63) is 0 Å². The predicted octanol–water partition coefficient (Wildman–Crippen LogP) is 0.983. The van der Waals surface area contributed by atoms with Crippen LogP contribution in [-0.4, -0.2) is 30.0 Å². The van der Waals surface area contributed by atoms with Crippen LogP contribution in [0.5, 0.6) is 0 Å². The lowest BCUT2D eigenvalue weighted by atomic mass is 9.94. The second kappa shape index (κ2) is 6.27. The van der Waals surface area contributed by atoms with E-state index >= 15 is 0 Å². The van der Waals surface area contributed by atoms with Crippen LogP contribution < -0.4 is 11.1 Å². The highest BCUT2D eigenvalue weighted by molar-refractivity contribution is 7.99. The fourth-order valence-corrected chi connectivity index (χ4v) is 1.32. The number of nitrogens with one attached hydrogen (secondary N) is 1. The van der Waals surface area contributed by atoms with E-state index < -0.39 is 0 Å². The maximum Gasteiger partial charge on any atom is 0.230 e. The molecule has 0 aromatic heterocycles. The largest absolute Gasteiger partial charge is 0.354 e. The molecule has 0 aromatic carbocycles. The summed E-state index contributed by atoms with van der Waals surface area (Å²) < 4.78 is 0. The number of carbonyl (C=O) groups is 1. The maximum absolute atomic E-state index is 11.1. The Balaban J connectivity index is 3.78. The number of rotatable bonds is 6. The Morgan fingerprint density at radius 1 is 1.46 bits per heavy atom. The highest BCUT2D eigenvalue weighted by Crippen LogP contribution is 2.09. The van der Waals surface area contributed by atoms with E-state index in [0.717, 1.165) is 12.8 Å². The molecule has 3 N–H and O–H groups in total. The summed E-state index contributed by atoms with van der Waals surface area (Å²) in [5.41, 5.74) is 5.79. The van der Waals surface area contributed by atoms with Crippen molar-refractivity contribution in [1.82, 2.24) is 5.32 Å². The molecule has 0 aliphatic heterocycles. The first-order valence-electron chi connectivity index (χ1n) is 4.62. The van der Waals surface area contributed by atoms with Crippen LogP contribution in [0.3, 0.4) is 0 Å². The first kappa shape index (κ1) is 12.8. The molecule has 0 unspecified atom stereocenters. The van der Waals surface area contributed by atoms with Crippen molar-refractivity contribution < 1.29 is 4.79 Å². The number of hydrogen-bond acceptors (Lipinski definition) is 3. The lowest BCUT2D eigenvalue weighted by Crippen LogP contribution is -2.49. The molecule has 0 rings (SSSR count). The molecule has 0 heterocycles. The summed E-state index contributed by atoms with van der Waals surface area (Å²) in [4.78, 5) is 11.1. The molecule has 4 heteroatoms. The van der Waals surface area contributed by atoms with Crippen molar-refractivity contribution >= 4 is 17.7 Å². The van der Waals surface area contributed by atoms with Gasteiger partial charge in [-0.05, 0) is 19.1 Å². The fourth-order valence-electron chi connectivity index (χ4n) is 0.957. The van der Waals surface area contributed by atoms with Crippen LogP contribution in [0.15, 0.2) is 0 Å². The minimum absolute atomic E-state index is 0.0734. The topological polar surface area (TPSA) is 55.1 Å². The molecule has 3 nitrogen and oxygen atoms in total. The quantitative estimate of drug-likeness (QED) is 0.678. The Labute approximate surface area is 84.8 Å². The van der Waals surface area contributed by atoms with Crippen LogP contribution in [0.25, 0.3) is 0 Å². The minimum Gasteiger partial charge on any atom is -0.354 e. The summed E-state index contributed by atoms with van der Waals surface area (Å²) in [5.74, 6) is 0.591. The van der Waals surface area contributed by atoms with E-state index in [2.05, 4.69) is 5.32 Å². The third kappa shape index (κ3) is 5.16. The van der Waals surface area contributed by atoms with E-state index in [9.17, 15) is 4.79 Å². The Morgan fingerprint density at radius 3 is 2.38 bits per heavy atom. The van der Waals surface area contributed by atoms with Gasteiger partial charge in [-0.1, -0.05) is 13.8 Å². The third-order valence-corrected chi connectivity index (χ3v) is 2.87. The van der Waals surface area contributed by atoms with Crippen molar-refractivity contribution in [2.45, 2.75) is 32.2 Å². The van der Waals surface area contributed by atoms with Crippen molar-refractivity contribution in [2.75, 3.05) is 18.6 Å². The first-order chi connectivity index (χ1) is 6.08. The van der Waals surface area contributed by atoms with Gasteiger partial charge in [0.05, 0.1) is 5.75 Å². The normalized spacial score (nSPS) is 11.4. The highest BCUT2D eigenvalue weighted by atomic mass is 32.2. The van der Waals surface area contributed by atoms with Crippen molar-refractivity contribution in [3.63, 3.8) is 0 Å². The summed E-state index contributed by atoms with van der Waals surface area (Å²) in [5, 5.41) is 2.84. The molecule has 0 fully saturated rings. The average Bonchev–Trinajstić information content (AvgIpc) is 2.15. The zero-order valence-corrected chi connectivity index (χ0v) is 9.54. The van der Waals surface area contributed by atoms with Crippen molar-refractivity contribution in [3.8, 4) is 0 Å². The van der Waals surface area contributed by atoms with Gasteiger partial charge in [-0.25, -0.2) is 0 Å². The molecule has 0 spiro atoms. The van der Waals surface area contributed by atoms with Crippen LogP contribution in [0.2, 0.25) is 0 Å². The molecule has 0 atom stereocenters. The third-order valence-electron chi connectivity index (χ3n) is 2.32.